The molecule has 2 rings (SSSR count). The molecule has 0 saturated heterocycles. The fourth-order valence-corrected chi connectivity index (χ4v) is 2.10. The topological polar surface area (TPSA) is 37.3 Å². The van der Waals surface area contributed by atoms with Gasteiger partial charge in [-0.25, -0.2) is 4.39 Å². The lowest BCUT2D eigenvalue weighted by molar-refractivity contribution is -0.136. The second-order valence-corrected chi connectivity index (χ2v) is 4.62. The smallest absolute Gasteiger partial charge is 0.307 e. The molecule has 0 heterocycles. The van der Waals surface area contributed by atoms with E-state index in [1.807, 2.05) is 32.0 Å². The minimum Gasteiger partial charge on any atom is -0.481 e. The maximum absolute atomic E-state index is 13.6. The third-order valence-electron chi connectivity index (χ3n) is 3.30. The van der Waals surface area contributed by atoms with E-state index in [2.05, 4.69) is 0 Å². The quantitative estimate of drug-likeness (QED) is 0.910. The zero-order chi connectivity index (χ0) is 14.0. The van der Waals surface area contributed by atoms with E-state index in [-0.39, 0.29) is 12.0 Å². The van der Waals surface area contributed by atoms with Crippen molar-refractivity contribution >= 4 is 5.97 Å². The summed E-state index contributed by atoms with van der Waals surface area (Å²) in [7, 11) is 0. The molecule has 0 atom stereocenters. The van der Waals surface area contributed by atoms with Crippen LogP contribution in [0.5, 0.6) is 0 Å². The third kappa shape index (κ3) is 2.81. The van der Waals surface area contributed by atoms with E-state index in [4.69, 9.17) is 5.11 Å². The summed E-state index contributed by atoms with van der Waals surface area (Å²) in [5.41, 5.74) is 4.34. The van der Waals surface area contributed by atoms with Gasteiger partial charge in [-0.15, -0.1) is 0 Å². The van der Waals surface area contributed by atoms with Crippen LogP contribution in [0, 0.1) is 19.7 Å². The average molecular weight is 258 g/mol. The first-order valence-electron chi connectivity index (χ1n) is 6.06. The highest BCUT2D eigenvalue weighted by molar-refractivity contribution is 5.73. The molecule has 2 aromatic carbocycles. The van der Waals surface area contributed by atoms with Gasteiger partial charge in [-0.1, -0.05) is 24.3 Å². The Kier molecular flexibility index (Phi) is 3.65. The highest BCUT2D eigenvalue weighted by atomic mass is 19.1. The molecule has 2 nitrogen and oxygen atoms in total. The fraction of sp³-hybridized carbons (Fsp3) is 0.188. The fourth-order valence-electron chi connectivity index (χ4n) is 2.10. The van der Waals surface area contributed by atoms with Crippen LogP contribution in [0.25, 0.3) is 11.1 Å². The van der Waals surface area contributed by atoms with E-state index in [9.17, 15) is 9.18 Å². The zero-order valence-electron chi connectivity index (χ0n) is 10.9. The van der Waals surface area contributed by atoms with E-state index in [0.29, 0.717) is 0 Å². The lowest BCUT2D eigenvalue weighted by atomic mass is 9.95. The standard InChI is InChI=1S/C16H15FO2/c1-10-4-3-5-14(11(10)2)12-6-7-15(17)13(8-12)9-16(18)19/h3-8H,9H2,1-2H3,(H,18,19). The summed E-state index contributed by atoms with van der Waals surface area (Å²) >= 11 is 0. The van der Waals surface area contributed by atoms with Gasteiger partial charge >= 0.3 is 5.97 Å². The van der Waals surface area contributed by atoms with Crippen LogP contribution in [-0.2, 0) is 11.2 Å². The van der Waals surface area contributed by atoms with Gasteiger partial charge in [0, 0.05) is 0 Å². The number of hydrogen-bond donors (Lipinski definition) is 1. The number of benzene rings is 2. The Morgan fingerprint density at radius 1 is 1.21 bits per heavy atom. The average Bonchev–Trinajstić information content (AvgIpc) is 2.35. The number of aliphatic carboxylic acids is 1. The number of halogens is 1. The molecule has 0 fully saturated rings. The Hall–Kier alpha value is -2.16. The maximum atomic E-state index is 13.6. The molecule has 19 heavy (non-hydrogen) atoms. The first kappa shape index (κ1) is 13.3. The summed E-state index contributed by atoms with van der Waals surface area (Å²) in [4.78, 5) is 10.7. The molecule has 0 unspecified atom stereocenters. The highest BCUT2D eigenvalue weighted by Crippen LogP contribution is 2.27. The summed E-state index contributed by atoms with van der Waals surface area (Å²) in [5, 5.41) is 8.78. The van der Waals surface area contributed by atoms with Crippen LogP contribution in [0.1, 0.15) is 16.7 Å². The van der Waals surface area contributed by atoms with E-state index >= 15 is 0 Å². The molecule has 1 N–H and O–H groups in total. The number of hydrogen-bond acceptors (Lipinski definition) is 1. The Labute approximate surface area is 111 Å². The molecule has 2 aromatic rings. The van der Waals surface area contributed by atoms with Crippen molar-refractivity contribution in [2.75, 3.05) is 0 Å². The second kappa shape index (κ2) is 5.22. The maximum Gasteiger partial charge on any atom is 0.307 e. The first-order chi connectivity index (χ1) is 8.99. The van der Waals surface area contributed by atoms with E-state index in [0.717, 1.165) is 22.3 Å². The van der Waals surface area contributed by atoms with E-state index in [1.165, 1.54) is 6.07 Å². The molecule has 0 aliphatic rings. The van der Waals surface area contributed by atoms with Gasteiger partial charge in [0.05, 0.1) is 6.42 Å². The van der Waals surface area contributed by atoms with Gasteiger partial charge in [0.25, 0.3) is 0 Å². The normalized spacial score (nSPS) is 10.5. The molecule has 3 heteroatoms. The minimum atomic E-state index is -1.03. The van der Waals surface area contributed by atoms with Crippen LogP contribution < -0.4 is 0 Å². The monoisotopic (exact) mass is 258 g/mol. The molecule has 0 saturated carbocycles. The van der Waals surface area contributed by atoms with Gasteiger partial charge in [0.15, 0.2) is 0 Å². The van der Waals surface area contributed by atoms with Crippen molar-refractivity contribution in [2.24, 2.45) is 0 Å². The van der Waals surface area contributed by atoms with Crippen molar-refractivity contribution in [1.82, 2.24) is 0 Å². The molecule has 98 valence electrons. The lowest BCUT2D eigenvalue weighted by Gasteiger charge is -2.10. The molecule has 0 amide bonds. The Morgan fingerprint density at radius 3 is 2.63 bits per heavy atom. The molecule has 0 bridgehead atoms. The molecule has 0 spiro atoms. The van der Waals surface area contributed by atoms with Crippen molar-refractivity contribution in [1.29, 1.82) is 0 Å². The van der Waals surface area contributed by atoms with Crippen molar-refractivity contribution in [2.45, 2.75) is 20.3 Å². The summed E-state index contributed by atoms with van der Waals surface area (Å²) in [5.74, 6) is -1.51. The summed E-state index contributed by atoms with van der Waals surface area (Å²) in [6, 6.07) is 10.5. The lowest BCUT2D eigenvalue weighted by Crippen LogP contribution is -2.02. The van der Waals surface area contributed by atoms with Gasteiger partial charge in [0.1, 0.15) is 5.82 Å². The highest BCUT2D eigenvalue weighted by Gasteiger charge is 2.10. The van der Waals surface area contributed by atoms with Crippen molar-refractivity contribution < 1.29 is 14.3 Å². The van der Waals surface area contributed by atoms with Crippen LogP contribution in [0.3, 0.4) is 0 Å². The van der Waals surface area contributed by atoms with Gasteiger partial charge < -0.3 is 5.11 Å². The molecular formula is C16H15FO2. The second-order valence-electron chi connectivity index (χ2n) is 4.62. The van der Waals surface area contributed by atoms with Crippen LogP contribution in [0.4, 0.5) is 4.39 Å². The SMILES string of the molecule is Cc1cccc(-c2ccc(F)c(CC(=O)O)c2)c1C. The number of carbonyl (C=O) groups is 1. The van der Waals surface area contributed by atoms with Crippen LogP contribution in [-0.4, -0.2) is 11.1 Å². The first-order valence-corrected chi connectivity index (χ1v) is 6.06. The molecule has 0 aliphatic heterocycles. The van der Waals surface area contributed by atoms with Crippen molar-refractivity contribution in [3.63, 3.8) is 0 Å². The number of aryl methyl sites for hydroxylation is 1. The summed E-state index contributed by atoms with van der Waals surface area (Å²) in [6.45, 7) is 4.02. The Morgan fingerprint density at radius 2 is 1.95 bits per heavy atom. The van der Waals surface area contributed by atoms with Crippen molar-refractivity contribution in [3.8, 4) is 11.1 Å². The Bertz CT molecular complexity index is 633. The predicted molar refractivity (Wildman–Crippen MR) is 72.6 cm³/mol. The van der Waals surface area contributed by atoms with Gasteiger partial charge in [-0.05, 0) is 53.8 Å². The number of rotatable bonds is 3. The van der Waals surface area contributed by atoms with E-state index in [1.54, 1.807) is 12.1 Å². The molecule has 0 aliphatic carbocycles. The minimum absolute atomic E-state index is 0.214. The summed E-state index contributed by atoms with van der Waals surface area (Å²) < 4.78 is 13.6. The van der Waals surface area contributed by atoms with Crippen LogP contribution >= 0.6 is 0 Å². The van der Waals surface area contributed by atoms with Crippen molar-refractivity contribution in [3.05, 3.63) is 58.9 Å². The van der Waals surface area contributed by atoms with Gasteiger partial charge in [0.2, 0.25) is 0 Å². The van der Waals surface area contributed by atoms with E-state index < -0.39 is 11.8 Å². The molecular weight excluding hydrogens is 243 g/mol. The van der Waals surface area contributed by atoms with Crippen LogP contribution in [0.2, 0.25) is 0 Å². The molecule has 0 aromatic heterocycles. The Balaban J connectivity index is 2.51. The predicted octanol–water partition coefficient (Wildman–Crippen LogP) is 3.74. The van der Waals surface area contributed by atoms with Crippen LogP contribution in [0.15, 0.2) is 36.4 Å². The number of carboxylic acid groups (broad SMARTS) is 1. The molecule has 0 radical (unpaired) electrons. The third-order valence-corrected chi connectivity index (χ3v) is 3.30. The zero-order valence-corrected chi connectivity index (χ0v) is 10.9. The number of carboxylic acids is 1. The van der Waals surface area contributed by atoms with Gasteiger partial charge in [-0.3, -0.25) is 4.79 Å². The summed E-state index contributed by atoms with van der Waals surface area (Å²) in [6.07, 6.45) is -0.301. The van der Waals surface area contributed by atoms with Gasteiger partial charge in [-0.2, -0.15) is 0 Å². The largest absolute Gasteiger partial charge is 0.481 e.